The Balaban J connectivity index is 2.75. The van der Waals surface area contributed by atoms with E-state index in [1.54, 1.807) is 25.1 Å². The Kier molecular flexibility index (Phi) is 4.46. The minimum absolute atomic E-state index is 0.000398. The fourth-order valence-electron chi connectivity index (χ4n) is 1.36. The van der Waals surface area contributed by atoms with E-state index in [0.717, 1.165) is 5.56 Å². The summed E-state index contributed by atoms with van der Waals surface area (Å²) >= 11 is 0. The Hall–Kier alpha value is -0.910. The van der Waals surface area contributed by atoms with Crippen molar-refractivity contribution in [2.45, 2.75) is 31.2 Å². The summed E-state index contributed by atoms with van der Waals surface area (Å²) in [4.78, 5) is 0.333. The first-order chi connectivity index (χ1) is 7.43. The van der Waals surface area contributed by atoms with Crippen molar-refractivity contribution in [3.63, 3.8) is 0 Å². The molecule has 4 nitrogen and oxygen atoms in total. The highest BCUT2D eigenvalue weighted by Gasteiger charge is 2.15. The largest absolute Gasteiger partial charge is 0.328 e. The van der Waals surface area contributed by atoms with Crippen LogP contribution in [0, 0.1) is 6.92 Å². The monoisotopic (exact) mass is 242 g/mol. The van der Waals surface area contributed by atoms with Crippen LogP contribution in [0.25, 0.3) is 0 Å². The van der Waals surface area contributed by atoms with Gasteiger partial charge in [0.05, 0.1) is 4.90 Å². The van der Waals surface area contributed by atoms with Crippen LogP contribution in [0.3, 0.4) is 0 Å². The number of aryl methyl sites for hydroxylation is 1. The molecule has 1 unspecified atom stereocenters. The summed E-state index contributed by atoms with van der Waals surface area (Å²) in [5.41, 5.74) is 6.30. The van der Waals surface area contributed by atoms with Crippen molar-refractivity contribution in [1.82, 2.24) is 4.72 Å². The highest BCUT2D eigenvalue weighted by Crippen LogP contribution is 2.13. The van der Waals surface area contributed by atoms with Gasteiger partial charge in [-0.1, -0.05) is 18.2 Å². The topological polar surface area (TPSA) is 72.2 Å². The molecule has 0 aliphatic carbocycles. The SMILES string of the molecule is Cc1ccccc1S(=O)(=O)NCCC(C)N. The van der Waals surface area contributed by atoms with Crippen molar-refractivity contribution in [2.24, 2.45) is 5.73 Å². The molecule has 16 heavy (non-hydrogen) atoms. The van der Waals surface area contributed by atoms with Crippen LogP contribution in [0.4, 0.5) is 0 Å². The summed E-state index contributed by atoms with van der Waals surface area (Å²) < 4.78 is 26.3. The standard InChI is InChI=1S/C11H18N2O2S/c1-9-5-3-4-6-11(9)16(14,15)13-8-7-10(2)12/h3-6,10,13H,7-8,12H2,1-2H3. The summed E-state index contributed by atoms with van der Waals surface area (Å²) in [6.45, 7) is 4.00. The van der Waals surface area contributed by atoms with Gasteiger partial charge in [0.1, 0.15) is 0 Å². The van der Waals surface area contributed by atoms with Crippen LogP contribution in [0.1, 0.15) is 18.9 Å². The average molecular weight is 242 g/mol. The molecule has 1 rings (SSSR count). The van der Waals surface area contributed by atoms with E-state index in [4.69, 9.17) is 5.73 Å². The van der Waals surface area contributed by atoms with E-state index in [9.17, 15) is 8.42 Å². The Bertz CT molecular complexity index is 441. The maximum atomic E-state index is 11.9. The van der Waals surface area contributed by atoms with E-state index in [1.165, 1.54) is 0 Å². The molecule has 0 fully saturated rings. The lowest BCUT2D eigenvalue weighted by Crippen LogP contribution is -2.29. The molecule has 0 spiro atoms. The zero-order chi connectivity index (χ0) is 12.2. The van der Waals surface area contributed by atoms with Crippen LogP contribution < -0.4 is 10.5 Å². The normalized spacial score (nSPS) is 13.7. The predicted molar refractivity (Wildman–Crippen MR) is 64.6 cm³/mol. The summed E-state index contributed by atoms with van der Waals surface area (Å²) in [5, 5.41) is 0. The number of hydrogen-bond acceptors (Lipinski definition) is 3. The molecular formula is C11H18N2O2S. The minimum Gasteiger partial charge on any atom is -0.328 e. The molecule has 0 aliphatic rings. The molecule has 0 heterocycles. The average Bonchev–Trinajstić information content (AvgIpc) is 2.17. The third-order valence-corrected chi connectivity index (χ3v) is 3.90. The van der Waals surface area contributed by atoms with Crippen molar-refractivity contribution < 1.29 is 8.42 Å². The molecule has 1 aromatic rings. The molecule has 1 aromatic carbocycles. The predicted octanol–water partition coefficient (Wildman–Crippen LogP) is 1.01. The van der Waals surface area contributed by atoms with Crippen molar-refractivity contribution >= 4 is 10.0 Å². The molecule has 5 heteroatoms. The van der Waals surface area contributed by atoms with Crippen LogP contribution in [0.5, 0.6) is 0 Å². The molecule has 0 aromatic heterocycles. The molecule has 3 N–H and O–H groups in total. The fourth-order valence-corrected chi connectivity index (χ4v) is 2.65. The van der Waals surface area contributed by atoms with Gasteiger partial charge in [-0.15, -0.1) is 0 Å². The van der Waals surface area contributed by atoms with Crippen molar-refractivity contribution in [3.05, 3.63) is 29.8 Å². The van der Waals surface area contributed by atoms with Gasteiger partial charge in [-0.25, -0.2) is 13.1 Å². The van der Waals surface area contributed by atoms with Crippen LogP contribution in [0.15, 0.2) is 29.2 Å². The lowest BCUT2D eigenvalue weighted by Gasteiger charge is -2.10. The Morgan fingerprint density at radius 2 is 2.00 bits per heavy atom. The number of sulfonamides is 1. The third-order valence-electron chi connectivity index (χ3n) is 2.27. The summed E-state index contributed by atoms with van der Waals surface area (Å²) in [7, 11) is -3.39. The first kappa shape index (κ1) is 13.2. The number of nitrogens with one attached hydrogen (secondary N) is 1. The first-order valence-corrected chi connectivity index (χ1v) is 6.72. The third kappa shape index (κ3) is 3.59. The number of benzene rings is 1. The molecular weight excluding hydrogens is 224 g/mol. The first-order valence-electron chi connectivity index (χ1n) is 5.24. The molecule has 0 saturated heterocycles. The van der Waals surface area contributed by atoms with E-state index in [0.29, 0.717) is 17.9 Å². The van der Waals surface area contributed by atoms with Gasteiger partial charge >= 0.3 is 0 Å². The Labute approximate surface area is 96.9 Å². The summed E-state index contributed by atoms with van der Waals surface area (Å²) in [5.74, 6) is 0. The molecule has 0 aliphatic heterocycles. The van der Waals surface area contributed by atoms with Gasteiger partial charge in [0.15, 0.2) is 0 Å². The fraction of sp³-hybridized carbons (Fsp3) is 0.455. The van der Waals surface area contributed by atoms with Gasteiger partial charge in [-0.05, 0) is 31.9 Å². The van der Waals surface area contributed by atoms with E-state index in [2.05, 4.69) is 4.72 Å². The lowest BCUT2D eigenvalue weighted by atomic mass is 10.2. The van der Waals surface area contributed by atoms with Gasteiger partial charge in [0.2, 0.25) is 10.0 Å². The molecule has 0 radical (unpaired) electrons. The maximum Gasteiger partial charge on any atom is 0.240 e. The van der Waals surface area contributed by atoms with Crippen LogP contribution in [-0.4, -0.2) is 21.0 Å². The summed E-state index contributed by atoms with van der Waals surface area (Å²) in [6.07, 6.45) is 0.630. The van der Waals surface area contributed by atoms with Gasteiger partial charge in [-0.3, -0.25) is 0 Å². The zero-order valence-electron chi connectivity index (χ0n) is 9.60. The van der Waals surface area contributed by atoms with Crippen molar-refractivity contribution in [1.29, 1.82) is 0 Å². The molecule has 90 valence electrons. The highest BCUT2D eigenvalue weighted by atomic mass is 32.2. The van der Waals surface area contributed by atoms with Crippen molar-refractivity contribution in [3.8, 4) is 0 Å². The highest BCUT2D eigenvalue weighted by molar-refractivity contribution is 7.89. The van der Waals surface area contributed by atoms with Crippen molar-refractivity contribution in [2.75, 3.05) is 6.54 Å². The number of nitrogens with two attached hydrogens (primary N) is 1. The van der Waals surface area contributed by atoms with Gasteiger partial charge in [0, 0.05) is 12.6 Å². The quantitative estimate of drug-likeness (QED) is 0.809. The second kappa shape index (κ2) is 5.43. The Morgan fingerprint density at radius 3 is 2.56 bits per heavy atom. The van der Waals surface area contributed by atoms with Crippen LogP contribution in [0.2, 0.25) is 0 Å². The molecule has 1 atom stereocenters. The smallest absolute Gasteiger partial charge is 0.240 e. The minimum atomic E-state index is -3.39. The number of hydrogen-bond donors (Lipinski definition) is 2. The van der Waals surface area contributed by atoms with Gasteiger partial charge in [-0.2, -0.15) is 0 Å². The maximum absolute atomic E-state index is 11.9. The van der Waals surface area contributed by atoms with E-state index in [1.807, 2.05) is 13.0 Å². The molecule has 0 bridgehead atoms. The Morgan fingerprint density at radius 1 is 1.38 bits per heavy atom. The number of rotatable bonds is 5. The molecule has 0 amide bonds. The zero-order valence-corrected chi connectivity index (χ0v) is 10.4. The lowest BCUT2D eigenvalue weighted by molar-refractivity contribution is 0.571. The van der Waals surface area contributed by atoms with Crippen LogP contribution >= 0.6 is 0 Å². The van der Waals surface area contributed by atoms with Crippen LogP contribution in [-0.2, 0) is 10.0 Å². The van der Waals surface area contributed by atoms with E-state index >= 15 is 0 Å². The molecule has 0 saturated carbocycles. The summed E-state index contributed by atoms with van der Waals surface area (Å²) in [6, 6.07) is 6.91. The second-order valence-electron chi connectivity index (χ2n) is 3.93. The van der Waals surface area contributed by atoms with E-state index < -0.39 is 10.0 Å². The van der Waals surface area contributed by atoms with Gasteiger partial charge in [0.25, 0.3) is 0 Å². The second-order valence-corrected chi connectivity index (χ2v) is 5.66. The van der Waals surface area contributed by atoms with E-state index in [-0.39, 0.29) is 6.04 Å². The van der Waals surface area contributed by atoms with Gasteiger partial charge < -0.3 is 5.73 Å².